The maximum absolute atomic E-state index is 4.72. The second kappa shape index (κ2) is 8.55. The molecule has 31 heavy (non-hydrogen) atoms. The quantitative estimate of drug-likeness (QED) is 0.307. The zero-order chi connectivity index (χ0) is 22.2. The van der Waals surface area contributed by atoms with Crippen LogP contribution in [-0.4, -0.2) is 8.75 Å². The smallest absolute Gasteiger partial charge is 0.113 e. The molecule has 2 nitrogen and oxygen atoms in total. The number of aromatic nitrogens is 2. The van der Waals surface area contributed by atoms with E-state index in [0.717, 1.165) is 23.9 Å². The standard InChI is InChI=1S/C28H32N2S/c1-7-18(3)20-9-11-21(12-10-20)24-17-19(4)25(27-26(24)29-31-30-27)22-13-15-23(16-14-22)28(5,6)8-2/h9-18H,7-8H2,1-6H3. The molecule has 1 aromatic heterocycles. The second-order valence-corrected chi connectivity index (χ2v) is 9.85. The minimum atomic E-state index is 0.191. The zero-order valence-corrected chi connectivity index (χ0v) is 20.3. The van der Waals surface area contributed by atoms with Gasteiger partial charge in [0.2, 0.25) is 0 Å². The Labute approximate surface area is 190 Å². The van der Waals surface area contributed by atoms with Crippen LogP contribution >= 0.6 is 11.7 Å². The minimum absolute atomic E-state index is 0.191. The Bertz CT molecular complexity index is 1180. The van der Waals surface area contributed by atoms with Gasteiger partial charge in [-0.2, -0.15) is 8.75 Å². The normalized spacial score (nSPS) is 13.0. The van der Waals surface area contributed by atoms with E-state index in [-0.39, 0.29) is 5.41 Å². The molecular weight excluding hydrogens is 396 g/mol. The average Bonchev–Trinajstić information content (AvgIpc) is 3.27. The summed E-state index contributed by atoms with van der Waals surface area (Å²) in [5, 5.41) is 0. The largest absolute Gasteiger partial charge is 0.172 e. The summed E-state index contributed by atoms with van der Waals surface area (Å²) in [6, 6.07) is 20.3. The van der Waals surface area contributed by atoms with Crippen LogP contribution in [0.2, 0.25) is 0 Å². The molecular formula is C28H32N2S. The number of rotatable bonds is 6. The molecule has 0 fully saturated rings. The summed E-state index contributed by atoms with van der Waals surface area (Å²) in [5.74, 6) is 0.583. The first-order valence-corrected chi connectivity index (χ1v) is 12.1. The van der Waals surface area contributed by atoms with Crippen LogP contribution in [0.5, 0.6) is 0 Å². The van der Waals surface area contributed by atoms with Crippen molar-refractivity contribution >= 4 is 22.8 Å². The first kappa shape index (κ1) is 21.7. The van der Waals surface area contributed by atoms with Crippen LogP contribution in [0.4, 0.5) is 0 Å². The Kier molecular flexibility index (Phi) is 5.98. The predicted molar refractivity (Wildman–Crippen MR) is 135 cm³/mol. The SMILES string of the molecule is CCC(C)c1ccc(-c2cc(C)c(-c3ccc(C(C)(C)CC)cc3)c3nsnc23)cc1. The Hall–Kier alpha value is -2.52. The van der Waals surface area contributed by atoms with Crippen molar-refractivity contribution < 1.29 is 0 Å². The monoisotopic (exact) mass is 428 g/mol. The number of hydrogen-bond donors (Lipinski definition) is 0. The van der Waals surface area contributed by atoms with Gasteiger partial charge in [0, 0.05) is 11.1 Å². The number of aryl methyl sites for hydroxylation is 1. The van der Waals surface area contributed by atoms with Gasteiger partial charge in [-0.25, -0.2) is 0 Å². The lowest BCUT2D eigenvalue weighted by atomic mass is 9.81. The van der Waals surface area contributed by atoms with E-state index in [1.807, 2.05) is 0 Å². The van der Waals surface area contributed by atoms with Crippen LogP contribution in [0.25, 0.3) is 33.3 Å². The molecule has 160 valence electrons. The fraction of sp³-hybridized carbons (Fsp3) is 0.357. The fourth-order valence-corrected chi connectivity index (χ4v) is 4.74. The van der Waals surface area contributed by atoms with Gasteiger partial charge >= 0.3 is 0 Å². The summed E-state index contributed by atoms with van der Waals surface area (Å²) >= 11 is 1.30. The van der Waals surface area contributed by atoms with Gasteiger partial charge in [0.1, 0.15) is 11.0 Å². The molecule has 4 aromatic rings. The molecule has 1 unspecified atom stereocenters. The van der Waals surface area contributed by atoms with Gasteiger partial charge < -0.3 is 0 Å². The molecule has 0 radical (unpaired) electrons. The molecule has 0 spiro atoms. The fourth-order valence-electron chi connectivity index (χ4n) is 4.18. The molecule has 1 heterocycles. The van der Waals surface area contributed by atoms with Gasteiger partial charge in [0.25, 0.3) is 0 Å². The van der Waals surface area contributed by atoms with Gasteiger partial charge in [-0.15, -0.1) is 0 Å². The molecule has 0 bridgehead atoms. The molecule has 0 aliphatic heterocycles. The van der Waals surface area contributed by atoms with Crippen LogP contribution in [0.15, 0.2) is 54.6 Å². The van der Waals surface area contributed by atoms with Crippen molar-refractivity contribution in [3.63, 3.8) is 0 Å². The molecule has 0 amide bonds. The Balaban J connectivity index is 1.79. The van der Waals surface area contributed by atoms with Crippen molar-refractivity contribution in [3.8, 4) is 22.3 Å². The van der Waals surface area contributed by atoms with Crippen molar-refractivity contribution in [1.29, 1.82) is 0 Å². The van der Waals surface area contributed by atoms with Gasteiger partial charge in [0.15, 0.2) is 0 Å². The first-order valence-electron chi connectivity index (χ1n) is 11.3. The number of benzene rings is 3. The molecule has 0 N–H and O–H groups in total. The molecule has 1 atom stereocenters. The Morgan fingerprint density at radius 3 is 2.10 bits per heavy atom. The van der Waals surface area contributed by atoms with Crippen molar-refractivity contribution in [1.82, 2.24) is 8.75 Å². The molecule has 0 aliphatic carbocycles. The Morgan fingerprint density at radius 2 is 1.48 bits per heavy atom. The van der Waals surface area contributed by atoms with Crippen molar-refractivity contribution in [2.24, 2.45) is 0 Å². The second-order valence-electron chi connectivity index (χ2n) is 9.32. The lowest BCUT2D eigenvalue weighted by Crippen LogP contribution is -2.14. The van der Waals surface area contributed by atoms with Crippen molar-refractivity contribution in [2.45, 2.75) is 65.7 Å². The van der Waals surface area contributed by atoms with Crippen LogP contribution in [-0.2, 0) is 5.41 Å². The summed E-state index contributed by atoms with van der Waals surface area (Å²) in [7, 11) is 0. The summed E-state index contributed by atoms with van der Waals surface area (Å²) in [6.45, 7) is 13.6. The van der Waals surface area contributed by atoms with Crippen LogP contribution in [0.3, 0.4) is 0 Å². The summed E-state index contributed by atoms with van der Waals surface area (Å²) in [4.78, 5) is 0. The molecule has 3 heteroatoms. The highest BCUT2D eigenvalue weighted by Gasteiger charge is 2.20. The zero-order valence-electron chi connectivity index (χ0n) is 19.5. The summed E-state index contributed by atoms with van der Waals surface area (Å²) in [6.07, 6.45) is 2.28. The van der Waals surface area contributed by atoms with Gasteiger partial charge in [0.05, 0.1) is 11.7 Å². The molecule has 0 saturated heterocycles. The highest BCUT2D eigenvalue weighted by atomic mass is 32.1. The lowest BCUT2D eigenvalue weighted by Gasteiger charge is -2.23. The van der Waals surface area contributed by atoms with E-state index < -0.39 is 0 Å². The summed E-state index contributed by atoms with van der Waals surface area (Å²) in [5.41, 5.74) is 11.0. The molecule has 4 rings (SSSR count). The van der Waals surface area contributed by atoms with Crippen LogP contribution < -0.4 is 0 Å². The first-order chi connectivity index (χ1) is 14.9. The highest BCUT2D eigenvalue weighted by molar-refractivity contribution is 7.00. The third kappa shape index (κ3) is 4.04. The average molecular weight is 429 g/mol. The van der Waals surface area contributed by atoms with E-state index in [4.69, 9.17) is 8.75 Å². The molecule has 0 saturated carbocycles. The van der Waals surface area contributed by atoms with E-state index in [1.54, 1.807) is 0 Å². The van der Waals surface area contributed by atoms with E-state index >= 15 is 0 Å². The highest BCUT2D eigenvalue weighted by Crippen LogP contribution is 2.38. The van der Waals surface area contributed by atoms with Crippen molar-refractivity contribution in [3.05, 3.63) is 71.3 Å². The number of hydrogen-bond acceptors (Lipinski definition) is 3. The number of fused-ring (bicyclic) bond motifs is 1. The van der Waals surface area contributed by atoms with E-state index in [1.165, 1.54) is 50.7 Å². The topological polar surface area (TPSA) is 25.8 Å². The lowest BCUT2D eigenvalue weighted by molar-refractivity contribution is 0.506. The maximum atomic E-state index is 4.72. The van der Waals surface area contributed by atoms with E-state index in [9.17, 15) is 0 Å². The third-order valence-corrected chi connectivity index (χ3v) is 7.51. The van der Waals surface area contributed by atoms with Gasteiger partial charge in [-0.05, 0) is 65.0 Å². The molecule has 0 aliphatic rings. The van der Waals surface area contributed by atoms with E-state index in [2.05, 4.69) is 96.1 Å². The van der Waals surface area contributed by atoms with Crippen LogP contribution in [0.1, 0.15) is 70.1 Å². The maximum Gasteiger partial charge on any atom is 0.113 e. The van der Waals surface area contributed by atoms with Gasteiger partial charge in [-0.1, -0.05) is 83.1 Å². The molecule has 3 aromatic carbocycles. The minimum Gasteiger partial charge on any atom is -0.172 e. The van der Waals surface area contributed by atoms with E-state index in [0.29, 0.717) is 5.92 Å². The third-order valence-electron chi connectivity index (χ3n) is 6.98. The van der Waals surface area contributed by atoms with Gasteiger partial charge in [-0.3, -0.25) is 0 Å². The summed E-state index contributed by atoms with van der Waals surface area (Å²) < 4.78 is 9.42. The number of nitrogens with zero attached hydrogens (tertiary/aromatic N) is 2. The van der Waals surface area contributed by atoms with Crippen molar-refractivity contribution in [2.75, 3.05) is 0 Å². The van der Waals surface area contributed by atoms with Crippen LogP contribution in [0, 0.1) is 6.92 Å². The predicted octanol–water partition coefficient (Wildman–Crippen LogP) is 8.53. The Morgan fingerprint density at radius 1 is 0.871 bits per heavy atom.